The molecule has 0 unspecified atom stereocenters. The van der Waals surface area contributed by atoms with Crippen molar-refractivity contribution < 1.29 is 21.1 Å². The topological polar surface area (TPSA) is 33.5 Å². The Balaban J connectivity index is -0.00000000500. The first-order valence-electron chi connectivity index (χ1n) is 0.707. The van der Waals surface area contributed by atoms with Crippen molar-refractivity contribution in [2.24, 2.45) is 0 Å². The third-order valence-electron chi connectivity index (χ3n) is 0. The van der Waals surface area contributed by atoms with Gasteiger partial charge in [0.2, 0.25) is 0 Å². The van der Waals surface area contributed by atoms with Crippen molar-refractivity contribution >= 4 is 0 Å². The van der Waals surface area contributed by atoms with Crippen LogP contribution in [0.5, 0.6) is 0 Å². The maximum atomic E-state index is 3.25. The molecule has 0 bridgehead atoms. The molecule has 0 aromatic heterocycles. The second-order valence-corrected chi connectivity index (χ2v) is 0. The van der Waals surface area contributed by atoms with Gasteiger partial charge in [-0.2, -0.15) is 6.92 Å². The van der Waals surface area contributed by atoms with Crippen LogP contribution in [0.4, 0.5) is 0 Å². The van der Waals surface area contributed by atoms with Crippen LogP contribution in [-0.4, -0.2) is 0 Å². The van der Waals surface area contributed by atoms with Gasteiger partial charge in [-0.1, -0.05) is 0 Å². The summed E-state index contributed by atoms with van der Waals surface area (Å²) in [5, 5.41) is 0. The molecule has 0 aromatic carbocycles. The molecular formula is C2H7NW. The second-order valence-electron chi connectivity index (χ2n) is 0. The molecule has 0 saturated heterocycles. The Labute approximate surface area is 41.6 Å². The van der Waals surface area contributed by atoms with Crippen molar-refractivity contribution in [1.82, 2.24) is 0 Å². The minimum Gasteiger partial charge on any atom is -0.693 e. The van der Waals surface area contributed by atoms with Gasteiger partial charge in [0.15, 0.2) is 0 Å². The summed E-state index contributed by atoms with van der Waals surface area (Å²) in [6.07, 6.45) is 0. The van der Waals surface area contributed by atoms with Crippen LogP contribution in [0.3, 0.4) is 0 Å². The van der Waals surface area contributed by atoms with Crippen molar-refractivity contribution in [3.05, 3.63) is 13.1 Å². The molecule has 26 valence electrons. The molecule has 0 aliphatic carbocycles. The van der Waals surface area contributed by atoms with Crippen molar-refractivity contribution in [1.29, 1.82) is 0 Å². The van der Waals surface area contributed by atoms with Crippen molar-refractivity contribution in [3.63, 3.8) is 0 Å². The monoisotopic (exact) mass is 229 g/mol. The Morgan fingerprint density at radius 3 is 1.25 bits per heavy atom. The van der Waals surface area contributed by atoms with E-state index in [1.165, 1.54) is 0 Å². The zero-order chi connectivity index (χ0) is 2.00. The maximum Gasteiger partial charge on any atom is 2.00 e. The summed E-state index contributed by atoms with van der Waals surface area (Å²) >= 11 is 0. The molecule has 1 nitrogen and oxygen atoms in total. The first-order chi connectivity index (χ1) is 1.00. The average molecular weight is 229 g/mol. The van der Waals surface area contributed by atoms with Crippen LogP contribution >= 0.6 is 0 Å². The summed E-state index contributed by atoms with van der Waals surface area (Å²) in [5.41, 5.74) is 0. The Hall–Kier alpha value is 0.648. The maximum absolute atomic E-state index is 3.25. The van der Waals surface area contributed by atoms with Crippen LogP contribution in [0.25, 0.3) is 6.15 Å². The fourth-order valence-electron chi connectivity index (χ4n) is 0. The van der Waals surface area contributed by atoms with E-state index in [1.807, 2.05) is 0 Å². The van der Waals surface area contributed by atoms with Crippen LogP contribution in [0.15, 0.2) is 0 Å². The molecule has 2 heteroatoms. The molecule has 0 aliphatic rings. The van der Waals surface area contributed by atoms with Crippen molar-refractivity contribution in [2.45, 2.75) is 6.92 Å². The van der Waals surface area contributed by atoms with Gasteiger partial charge < -0.3 is 13.1 Å². The van der Waals surface area contributed by atoms with Gasteiger partial charge in [-0.15, -0.1) is 0 Å². The summed E-state index contributed by atoms with van der Waals surface area (Å²) in [4.78, 5) is 0. The molecule has 2 N–H and O–H groups in total. The summed E-state index contributed by atoms with van der Waals surface area (Å²) in [7, 11) is 0. The summed E-state index contributed by atoms with van der Waals surface area (Å²) in [5.74, 6) is 0. The largest absolute Gasteiger partial charge is 2.00 e. The van der Waals surface area contributed by atoms with Gasteiger partial charge >= 0.3 is 21.1 Å². The van der Waals surface area contributed by atoms with Gasteiger partial charge in [0.1, 0.15) is 0 Å². The van der Waals surface area contributed by atoms with Crippen LogP contribution in [0, 0.1) is 6.92 Å². The van der Waals surface area contributed by atoms with E-state index >= 15 is 0 Å². The van der Waals surface area contributed by atoms with E-state index in [-0.39, 0.29) is 27.2 Å². The molecule has 0 aliphatic heterocycles. The molecule has 4 heavy (non-hydrogen) atoms. The standard InChI is InChI=1S/C2H5.H2N.W/c1-2;;/h1H2,2H3;1H2;/q2*-1;+2. The van der Waals surface area contributed by atoms with Gasteiger partial charge in [-0.05, 0) is 0 Å². The Bertz CT molecular complexity index is 6.00. The van der Waals surface area contributed by atoms with E-state index in [9.17, 15) is 0 Å². The molecule has 0 saturated carbocycles. The molecular weight excluding hydrogens is 222 g/mol. The quantitative estimate of drug-likeness (QED) is 0.564. The third kappa shape index (κ3) is 17.1. The summed E-state index contributed by atoms with van der Waals surface area (Å²) in [6.45, 7) is 5.00. The minimum atomic E-state index is 0. The molecule has 0 amide bonds. The van der Waals surface area contributed by atoms with Crippen LogP contribution < -0.4 is 0 Å². The Morgan fingerprint density at radius 2 is 1.25 bits per heavy atom. The summed E-state index contributed by atoms with van der Waals surface area (Å²) < 4.78 is 0. The predicted octanol–water partition coefficient (Wildman–Crippen LogP) is 1.55. The fraction of sp³-hybridized carbons (Fsp3) is 0.500. The third-order valence-corrected chi connectivity index (χ3v) is 0. The number of hydrogen-bond acceptors (Lipinski definition) is 0. The van der Waals surface area contributed by atoms with Gasteiger partial charge in [-0.3, -0.25) is 0 Å². The number of nitrogens with two attached hydrogens (primary N) is 1. The van der Waals surface area contributed by atoms with E-state index in [2.05, 4.69) is 6.92 Å². The van der Waals surface area contributed by atoms with E-state index in [4.69, 9.17) is 0 Å². The van der Waals surface area contributed by atoms with Crippen LogP contribution in [-0.2, 0) is 21.1 Å². The normalized spacial score (nSPS) is 1.50. The molecule has 0 heterocycles. The molecule has 0 atom stereocenters. The second kappa shape index (κ2) is 60.9. The molecule has 0 rings (SSSR count). The van der Waals surface area contributed by atoms with Gasteiger partial charge in [0, 0.05) is 0 Å². The van der Waals surface area contributed by atoms with E-state index in [1.54, 1.807) is 6.92 Å². The van der Waals surface area contributed by atoms with E-state index in [0.29, 0.717) is 0 Å². The van der Waals surface area contributed by atoms with Crippen LogP contribution in [0.1, 0.15) is 6.92 Å². The van der Waals surface area contributed by atoms with E-state index < -0.39 is 0 Å². The smallest absolute Gasteiger partial charge is 0.693 e. The average Bonchev–Trinajstić information content (AvgIpc) is 1.00. The fourth-order valence-corrected chi connectivity index (χ4v) is 0. The number of hydrogen-bond donors (Lipinski definition) is 0. The Morgan fingerprint density at radius 1 is 1.25 bits per heavy atom. The predicted molar refractivity (Wildman–Crippen MR) is 16.3 cm³/mol. The SMILES string of the molecule is [CH2-]C.[NH2-].[W+2]. The molecule has 0 fully saturated rings. The molecule has 0 aromatic rings. The van der Waals surface area contributed by atoms with Gasteiger partial charge in [-0.25, -0.2) is 0 Å². The zero-order valence-corrected chi connectivity index (χ0v) is 5.63. The summed E-state index contributed by atoms with van der Waals surface area (Å²) in [6, 6.07) is 0. The van der Waals surface area contributed by atoms with Crippen LogP contribution in [0.2, 0.25) is 0 Å². The van der Waals surface area contributed by atoms with Gasteiger partial charge in [0.05, 0.1) is 0 Å². The van der Waals surface area contributed by atoms with Gasteiger partial charge in [0.25, 0.3) is 0 Å². The molecule has 0 radical (unpaired) electrons. The first kappa shape index (κ1) is 22.8. The number of rotatable bonds is 0. The molecule has 0 spiro atoms. The van der Waals surface area contributed by atoms with Crippen molar-refractivity contribution in [3.8, 4) is 0 Å². The zero-order valence-electron chi connectivity index (χ0n) is 2.69. The van der Waals surface area contributed by atoms with Crippen molar-refractivity contribution in [2.75, 3.05) is 0 Å². The Kier molecular flexibility index (Phi) is 347. The van der Waals surface area contributed by atoms with E-state index in [0.717, 1.165) is 0 Å². The minimum absolute atomic E-state index is 0. The first-order valence-corrected chi connectivity index (χ1v) is 0.707.